The SMILES string of the molecule is C[C@H]1[C@@H](OCC(O)CNC(C)(C)C)O[C@@H]2O[C@@]3(C)CC[C@H]4[C@H](C)CC[C@@H]1[C@@]24OO3. The molecule has 5 fully saturated rings. The number of aliphatic hydroxyl groups is 1. The number of aliphatic hydroxyl groups excluding tert-OH is 1. The minimum Gasteiger partial charge on any atom is -0.389 e. The molecule has 168 valence electrons. The number of β-amino-alcohol motifs (C(OH)–C–C–N with tert-alkyl or cyclic N) is 1. The van der Waals surface area contributed by atoms with E-state index in [1.54, 1.807) is 0 Å². The van der Waals surface area contributed by atoms with Crippen molar-refractivity contribution in [3.8, 4) is 0 Å². The van der Waals surface area contributed by atoms with Crippen molar-refractivity contribution in [3.05, 3.63) is 0 Å². The van der Waals surface area contributed by atoms with Crippen LogP contribution in [0.3, 0.4) is 0 Å². The van der Waals surface area contributed by atoms with E-state index in [1.807, 2.05) is 6.92 Å². The summed E-state index contributed by atoms with van der Waals surface area (Å²) < 4.78 is 18.8. The molecule has 4 heterocycles. The molecule has 5 aliphatic rings. The van der Waals surface area contributed by atoms with Crippen LogP contribution in [0.1, 0.15) is 67.2 Å². The Kier molecular flexibility index (Phi) is 5.82. The van der Waals surface area contributed by atoms with E-state index in [4.69, 9.17) is 24.0 Å². The third-order valence-electron chi connectivity index (χ3n) is 7.42. The monoisotopic (exact) mass is 413 g/mol. The Labute approximate surface area is 174 Å². The molecule has 5 rings (SSSR count). The Morgan fingerprint density at radius 1 is 1.14 bits per heavy atom. The molecule has 2 bridgehead atoms. The van der Waals surface area contributed by atoms with Crippen LogP contribution < -0.4 is 5.32 Å². The predicted molar refractivity (Wildman–Crippen MR) is 107 cm³/mol. The Balaban J connectivity index is 1.48. The van der Waals surface area contributed by atoms with Gasteiger partial charge in [-0.15, -0.1) is 0 Å². The summed E-state index contributed by atoms with van der Waals surface area (Å²) in [6, 6.07) is 0. The van der Waals surface area contributed by atoms with Gasteiger partial charge in [-0.3, -0.25) is 0 Å². The van der Waals surface area contributed by atoms with Crippen molar-refractivity contribution in [2.24, 2.45) is 23.7 Å². The fraction of sp³-hybridized carbons (Fsp3) is 1.00. The van der Waals surface area contributed by atoms with Gasteiger partial charge in [0.2, 0.25) is 5.79 Å². The summed E-state index contributed by atoms with van der Waals surface area (Å²) in [6.45, 7) is 13.3. The summed E-state index contributed by atoms with van der Waals surface area (Å²) in [4.78, 5) is 12.0. The molecule has 2 N–H and O–H groups in total. The van der Waals surface area contributed by atoms with E-state index in [0.29, 0.717) is 18.4 Å². The highest BCUT2D eigenvalue weighted by Gasteiger charge is 2.69. The highest BCUT2D eigenvalue weighted by Crippen LogP contribution is 2.60. The van der Waals surface area contributed by atoms with Crippen molar-refractivity contribution in [3.63, 3.8) is 0 Å². The summed E-state index contributed by atoms with van der Waals surface area (Å²) in [5.74, 6) is 0.470. The summed E-state index contributed by atoms with van der Waals surface area (Å²) in [6.07, 6.45) is 2.49. The van der Waals surface area contributed by atoms with Crippen LogP contribution in [0.4, 0.5) is 0 Å². The van der Waals surface area contributed by atoms with Crippen LogP contribution in [0.5, 0.6) is 0 Å². The molecule has 7 nitrogen and oxygen atoms in total. The number of ether oxygens (including phenoxy) is 3. The second kappa shape index (κ2) is 7.69. The first-order valence-corrected chi connectivity index (χ1v) is 11.3. The molecule has 1 saturated carbocycles. The molecule has 0 aromatic heterocycles. The summed E-state index contributed by atoms with van der Waals surface area (Å²) >= 11 is 0. The smallest absolute Gasteiger partial charge is 0.201 e. The van der Waals surface area contributed by atoms with Crippen molar-refractivity contribution < 1.29 is 29.1 Å². The van der Waals surface area contributed by atoms with Gasteiger partial charge in [0.15, 0.2) is 18.2 Å². The van der Waals surface area contributed by atoms with E-state index in [-0.39, 0.29) is 24.0 Å². The highest BCUT2D eigenvalue weighted by atomic mass is 17.3. The van der Waals surface area contributed by atoms with Gasteiger partial charge in [-0.1, -0.05) is 13.8 Å². The fourth-order valence-electron chi connectivity index (χ4n) is 5.75. The van der Waals surface area contributed by atoms with E-state index >= 15 is 0 Å². The first-order chi connectivity index (χ1) is 13.5. The molecule has 0 aromatic rings. The third-order valence-corrected chi connectivity index (χ3v) is 7.42. The first kappa shape index (κ1) is 21.9. The van der Waals surface area contributed by atoms with Gasteiger partial charge in [-0.2, -0.15) is 0 Å². The van der Waals surface area contributed by atoms with E-state index in [2.05, 4.69) is 39.9 Å². The van der Waals surface area contributed by atoms with Crippen LogP contribution in [0.25, 0.3) is 0 Å². The Bertz CT molecular complexity index is 596. The summed E-state index contributed by atoms with van der Waals surface area (Å²) in [7, 11) is 0. The molecule has 9 atom stereocenters. The van der Waals surface area contributed by atoms with Crippen LogP contribution in [0.2, 0.25) is 0 Å². The lowest BCUT2D eigenvalue weighted by Gasteiger charge is -2.60. The number of fused-ring (bicyclic) bond motifs is 2. The summed E-state index contributed by atoms with van der Waals surface area (Å²) in [5.41, 5.74) is -0.616. The average Bonchev–Trinajstić information content (AvgIpc) is 2.87. The molecular formula is C22H39NO6. The molecule has 0 radical (unpaired) electrons. The number of hydrogen-bond acceptors (Lipinski definition) is 7. The molecule has 1 spiro atoms. The Morgan fingerprint density at radius 3 is 2.62 bits per heavy atom. The first-order valence-electron chi connectivity index (χ1n) is 11.3. The van der Waals surface area contributed by atoms with Crippen molar-refractivity contribution in [1.82, 2.24) is 5.32 Å². The normalized spacial score (nSPS) is 48.1. The zero-order valence-electron chi connectivity index (χ0n) is 18.8. The largest absolute Gasteiger partial charge is 0.389 e. The maximum Gasteiger partial charge on any atom is 0.201 e. The molecule has 4 aliphatic heterocycles. The van der Waals surface area contributed by atoms with E-state index < -0.39 is 30.1 Å². The number of hydrogen-bond donors (Lipinski definition) is 2. The zero-order valence-corrected chi connectivity index (χ0v) is 18.8. The van der Waals surface area contributed by atoms with Gasteiger partial charge in [-0.25, -0.2) is 9.78 Å². The van der Waals surface area contributed by atoms with Crippen molar-refractivity contribution in [2.75, 3.05) is 13.2 Å². The topological polar surface area (TPSA) is 78.4 Å². The van der Waals surface area contributed by atoms with E-state index in [9.17, 15) is 5.11 Å². The third kappa shape index (κ3) is 4.00. The number of nitrogens with one attached hydrogen (secondary N) is 1. The second-order valence-electron chi connectivity index (χ2n) is 10.9. The van der Waals surface area contributed by atoms with Gasteiger partial charge in [0.25, 0.3) is 0 Å². The summed E-state index contributed by atoms with van der Waals surface area (Å²) in [5, 5.41) is 13.7. The minimum absolute atomic E-state index is 0.0456. The van der Waals surface area contributed by atoms with Crippen molar-refractivity contribution >= 4 is 0 Å². The molecular weight excluding hydrogens is 374 g/mol. The lowest BCUT2D eigenvalue weighted by atomic mass is 9.58. The van der Waals surface area contributed by atoms with Crippen LogP contribution in [0.15, 0.2) is 0 Å². The van der Waals surface area contributed by atoms with Gasteiger partial charge in [0, 0.05) is 30.3 Å². The quantitative estimate of drug-likeness (QED) is 0.671. The number of rotatable bonds is 5. The van der Waals surface area contributed by atoms with Crippen molar-refractivity contribution in [2.45, 2.75) is 103 Å². The lowest BCUT2D eigenvalue weighted by molar-refractivity contribution is -0.577. The van der Waals surface area contributed by atoms with E-state index in [0.717, 1.165) is 19.3 Å². The molecule has 0 amide bonds. The standard InChI is InChI=1S/C22H39NO6/c1-13-7-8-17-14(2)18(25-12-15(24)11-23-20(3,4)5)26-19-22(17)16(13)9-10-21(6,27-19)28-29-22/h13-19,23-24H,7-12H2,1-6H3/t13-,14-,15?,16+,17+,18+,19-,21-,22-/m1/s1. The predicted octanol–water partition coefficient (Wildman–Crippen LogP) is 2.96. The Hall–Kier alpha value is -0.280. The second-order valence-corrected chi connectivity index (χ2v) is 10.9. The zero-order chi connectivity index (χ0) is 21.0. The van der Waals surface area contributed by atoms with Gasteiger partial charge in [-0.05, 0) is 58.8 Å². The maximum atomic E-state index is 10.3. The van der Waals surface area contributed by atoms with Gasteiger partial charge in [0.1, 0.15) is 0 Å². The lowest BCUT2D eigenvalue weighted by Crippen LogP contribution is -2.70. The van der Waals surface area contributed by atoms with Crippen LogP contribution in [-0.2, 0) is 24.0 Å². The molecule has 1 unspecified atom stereocenters. The molecule has 1 aliphatic carbocycles. The van der Waals surface area contributed by atoms with Crippen LogP contribution in [0, 0.1) is 23.7 Å². The highest BCUT2D eigenvalue weighted by molar-refractivity contribution is 5.09. The molecule has 7 heteroatoms. The van der Waals surface area contributed by atoms with Crippen LogP contribution in [-0.4, -0.2) is 53.9 Å². The fourth-order valence-corrected chi connectivity index (χ4v) is 5.75. The van der Waals surface area contributed by atoms with Gasteiger partial charge in [0.05, 0.1) is 12.7 Å². The molecule has 4 saturated heterocycles. The Morgan fingerprint density at radius 2 is 1.90 bits per heavy atom. The van der Waals surface area contributed by atoms with Gasteiger partial charge < -0.3 is 24.6 Å². The molecule has 29 heavy (non-hydrogen) atoms. The van der Waals surface area contributed by atoms with Crippen LogP contribution >= 0.6 is 0 Å². The van der Waals surface area contributed by atoms with Crippen molar-refractivity contribution in [1.29, 1.82) is 0 Å². The van der Waals surface area contributed by atoms with E-state index in [1.165, 1.54) is 6.42 Å². The van der Waals surface area contributed by atoms with Gasteiger partial charge >= 0.3 is 0 Å². The average molecular weight is 414 g/mol. The molecule has 0 aromatic carbocycles. The maximum absolute atomic E-state index is 10.3. The minimum atomic E-state index is -0.779.